The molecule has 1 amide bonds. The Kier molecular flexibility index (Phi) is 4.98. The maximum absolute atomic E-state index is 14.6. The van der Waals surface area contributed by atoms with Crippen LogP contribution in [-0.4, -0.2) is 53.5 Å². The van der Waals surface area contributed by atoms with Gasteiger partial charge in [0.1, 0.15) is 5.82 Å². The molecular weight excluding hydrogens is 329 g/mol. The third kappa shape index (κ3) is 3.37. The molecule has 4 rings (SSSR count). The molecule has 2 aliphatic rings. The standard InChI is InChI=1S/C21H28FN3O/c1-23-10-12-24(13-11-23)21(26)18-15-25(14-16-6-3-2-4-7-16)20-17(18)8-5-9-19(20)22/h5,8-9,15-16H,2-4,6-7,10-14H2,1H3. The second kappa shape index (κ2) is 7.39. The number of aromatic nitrogens is 1. The van der Waals surface area contributed by atoms with E-state index in [2.05, 4.69) is 11.9 Å². The summed E-state index contributed by atoms with van der Waals surface area (Å²) in [6, 6.07) is 5.10. The van der Waals surface area contributed by atoms with Crippen molar-refractivity contribution in [1.29, 1.82) is 0 Å². The van der Waals surface area contributed by atoms with E-state index in [0.717, 1.165) is 38.1 Å². The summed E-state index contributed by atoms with van der Waals surface area (Å²) in [6.45, 7) is 4.06. The van der Waals surface area contributed by atoms with Crippen LogP contribution >= 0.6 is 0 Å². The normalized spacial score (nSPS) is 20.0. The van der Waals surface area contributed by atoms with E-state index < -0.39 is 0 Å². The molecule has 0 N–H and O–H groups in total. The zero-order valence-corrected chi connectivity index (χ0v) is 15.6. The largest absolute Gasteiger partial charge is 0.344 e. The van der Waals surface area contributed by atoms with Crippen LogP contribution < -0.4 is 0 Å². The topological polar surface area (TPSA) is 28.5 Å². The van der Waals surface area contributed by atoms with Gasteiger partial charge in [0.05, 0.1) is 11.1 Å². The van der Waals surface area contributed by atoms with Gasteiger partial charge in [0.15, 0.2) is 0 Å². The fraction of sp³-hybridized carbons (Fsp3) is 0.571. The van der Waals surface area contributed by atoms with Crippen molar-refractivity contribution in [3.63, 3.8) is 0 Å². The van der Waals surface area contributed by atoms with Gasteiger partial charge >= 0.3 is 0 Å². The quantitative estimate of drug-likeness (QED) is 0.837. The number of fused-ring (bicyclic) bond motifs is 1. The molecule has 1 aromatic heterocycles. The van der Waals surface area contributed by atoms with Crippen LogP contribution in [0.5, 0.6) is 0 Å². The molecule has 0 atom stereocenters. The Balaban J connectivity index is 1.66. The second-order valence-electron chi connectivity index (χ2n) is 7.93. The minimum Gasteiger partial charge on any atom is -0.344 e. The monoisotopic (exact) mass is 357 g/mol. The van der Waals surface area contributed by atoms with Crippen molar-refractivity contribution in [2.24, 2.45) is 5.92 Å². The van der Waals surface area contributed by atoms with Crippen LogP contribution in [0.1, 0.15) is 42.5 Å². The average Bonchev–Trinajstić information content (AvgIpc) is 3.02. The summed E-state index contributed by atoms with van der Waals surface area (Å²) >= 11 is 0. The first kappa shape index (κ1) is 17.5. The fourth-order valence-electron chi connectivity index (χ4n) is 4.46. The fourth-order valence-corrected chi connectivity index (χ4v) is 4.46. The van der Waals surface area contributed by atoms with Crippen LogP contribution in [0.2, 0.25) is 0 Å². The molecule has 0 spiro atoms. The van der Waals surface area contributed by atoms with E-state index in [1.165, 1.54) is 38.2 Å². The Hall–Kier alpha value is -1.88. The second-order valence-corrected chi connectivity index (χ2v) is 7.93. The number of amides is 1. The van der Waals surface area contributed by atoms with Crippen LogP contribution in [0.25, 0.3) is 10.9 Å². The molecule has 1 aliphatic heterocycles. The summed E-state index contributed by atoms with van der Waals surface area (Å²) in [6.07, 6.45) is 8.15. The molecule has 1 aromatic carbocycles. The van der Waals surface area contributed by atoms with Crippen molar-refractivity contribution in [1.82, 2.24) is 14.4 Å². The molecule has 140 valence electrons. The maximum Gasteiger partial charge on any atom is 0.256 e. The van der Waals surface area contributed by atoms with Crippen LogP contribution in [-0.2, 0) is 6.54 Å². The third-order valence-corrected chi connectivity index (χ3v) is 6.05. The molecule has 26 heavy (non-hydrogen) atoms. The number of piperazine rings is 1. The number of para-hydroxylation sites is 1. The number of hydrogen-bond donors (Lipinski definition) is 0. The highest BCUT2D eigenvalue weighted by atomic mass is 19.1. The van der Waals surface area contributed by atoms with Crippen molar-refractivity contribution in [2.75, 3.05) is 33.2 Å². The predicted octanol–water partition coefficient (Wildman–Crippen LogP) is 3.75. The number of halogens is 1. The van der Waals surface area contributed by atoms with Crippen LogP contribution in [0.4, 0.5) is 4.39 Å². The summed E-state index contributed by atoms with van der Waals surface area (Å²) in [5.41, 5.74) is 1.25. The summed E-state index contributed by atoms with van der Waals surface area (Å²) in [4.78, 5) is 17.2. The SMILES string of the molecule is CN1CCN(C(=O)c2cn(CC3CCCCC3)c3c(F)cccc23)CC1. The van der Waals surface area contributed by atoms with Gasteiger partial charge in [0.2, 0.25) is 0 Å². The van der Waals surface area contributed by atoms with Gasteiger partial charge in [0.25, 0.3) is 5.91 Å². The molecule has 1 aliphatic carbocycles. The molecule has 2 aromatic rings. The molecule has 5 heteroatoms. The Morgan fingerprint density at radius 2 is 1.85 bits per heavy atom. The Morgan fingerprint density at radius 1 is 1.12 bits per heavy atom. The first-order valence-electron chi connectivity index (χ1n) is 9.88. The molecule has 1 saturated heterocycles. The van der Waals surface area contributed by atoms with E-state index in [-0.39, 0.29) is 11.7 Å². The molecule has 2 heterocycles. The molecule has 2 fully saturated rings. The van der Waals surface area contributed by atoms with E-state index in [4.69, 9.17) is 0 Å². The first-order valence-corrected chi connectivity index (χ1v) is 9.88. The van der Waals surface area contributed by atoms with Gasteiger partial charge in [-0.15, -0.1) is 0 Å². The van der Waals surface area contributed by atoms with Crippen molar-refractivity contribution in [3.8, 4) is 0 Å². The summed E-state index contributed by atoms with van der Waals surface area (Å²) in [5, 5.41) is 0.754. The maximum atomic E-state index is 14.6. The van der Waals surface area contributed by atoms with Crippen LogP contribution in [0, 0.1) is 11.7 Å². The van der Waals surface area contributed by atoms with Gasteiger partial charge in [0, 0.05) is 44.3 Å². The van der Waals surface area contributed by atoms with Crippen LogP contribution in [0.3, 0.4) is 0 Å². The minimum absolute atomic E-state index is 0.0381. The number of likely N-dealkylation sites (N-methyl/N-ethyl adjacent to an activating group) is 1. The lowest BCUT2D eigenvalue weighted by molar-refractivity contribution is 0.0666. The van der Waals surface area contributed by atoms with E-state index in [9.17, 15) is 9.18 Å². The molecule has 0 unspecified atom stereocenters. The molecule has 0 radical (unpaired) electrons. The van der Waals surface area contributed by atoms with Gasteiger partial charge in [-0.05, 0) is 31.9 Å². The molecule has 4 nitrogen and oxygen atoms in total. The number of rotatable bonds is 3. The van der Waals surface area contributed by atoms with Gasteiger partial charge in [-0.2, -0.15) is 0 Å². The third-order valence-electron chi connectivity index (χ3n) is 6.05. The number of benzene rings is 1. The summed E-state index contributed by atoms with van der Waals surface area (Å²) in [5.74, 6) is 0.400. The van der Waals surface area contributed by atoms with E-state index in [1.54, 1.807) is 6.07 Å². The minimum atomic E-state index is -0.226. The Bertz CT molecular complexity index is 786. The van der Waals surface area contributed by atoms with Crippen molar-refractivity contribution >= 4 is 16.8 Å². The lowest BCUT2D eigenvalue weighted by atomic mass is 9.89. The van der Waals surface area contributed by atoms with Crippen molar-refractivity contribution < 1.29 is 9.18 Å². The smallest absolute Gasteiger partial charge is 0.256 e. The zero-order chi connectivity index (χ0) is 18.1. The predicted molar refractivity (Wildman–Crippen MR) is 102 cm³/mol. The van der Waals surface area contributed by atoms with Crippen molar-refractivity contribution in [2.45, 2.75) is 38.6 Å². The summed E-state index contributed by atoms with van der Waals surface area (Å²) < 4.78 is 16.6. The van der Waals surface area contributed by atoms with E-state index >= 15 is 0 Å². The number of carbonyl (C=O) groups is 1. The molecule has 0 bridgehead atoms. The lowest BCUT2D eigenvalue weighted by Gasteiger charge is -2.32. The van der Waals surface area contributed by atoms with Gasteiger partial charge in [-0.3, -0.25) is 4.79 Å². The van der Waals surface area contributed by atoms with Crippen LogP contribution in [0.15, 0.2) is 24.4 Å². The number of nitrogens with zero attached hydrogens (tertiary/aromatic N) is 3. The van der Waals surface area contributed by atoms with Gasteiger partial charge in [-0.25, -0.2) is 4.39 Å². The Labute approximate surface area is 154 Å². The highest BCUT2D eigenvalue weighted by Crippen LogP contribution is 2.30. The van der Waals surface area contributed by atoms with E-state index in [1.807, 2.05) is 21.7 Å². The average molecular weight is 357 g/mol. The molecular formula is C21H28FN3O. The van der Waals surface area contributed by atoms with Crippen molar-refractivity contribution in [3.05, 3.63) is 35.8 Å². The molecule has 1 saturated carbocycles. The van der Waals surface area contributed by atoms with Gasteiger partial charge in [-0.1, -0.05) is 31.4 Å². The lowest BCUT2D eigenvalue weighted by Crippen LogP contribution is -2.47. The zero-order valence-electron chi connectivity index (χ0n) is 15.6. The first-order chi connectivity index (χ1) is 12.6. The van der Waals surface area contributed by atoms with E-state index in [0.29, 0.717) is 17.0 Å². The highest BCUT2D eigenvalue weighted by Gasteiger charge is 2.25. The van der Waals surface area contributed by atoms with Gasteiger partial charge < -0.3 is 14.4 Å². The Morgan fingerprint density at radius 3 is 2.58 bits per heavy atom. The number of carbonyl (C=O) groups excluding carboxylic acids is 1. The number of hydrogen-bond acceptors (Lipinski definition) is 2. The highest BCUT2D eigenvalue weighted by molar-refractivity contribution is 6.07. The summed E-state index contributed by atoms with van der Waals surface area (Å²) in [7, 11) is 2.08.